The molecule has 0 spiro atoms. The maximum absolute atomic E-state index is 13.1. The van der Waals surface area contributed by atoms with Gasteiger partial charge in [-0.2, -0.15) is 5.10 Å². The lowest BCUT2D eigenvalue weighted by molar-refractivity contribution is 0.118. The third-order valence-electron chi connectivity index (χ3n) is 4.71. The van der Waals surface area contributed by atoms with Gasteiger partial charge in [-0.15, -0.1) is 12.4 Å². The van der Waals surface area contributed by atoms with Crippen molar-refractivity contribution in [3.63, 3.8) is 0 Å². The summed E-state index contributed by atoms with van der Waals surface area (Å²) < 4.78 is 15.0. The van der Waals surface area contributed by atoms with E-state index in [0.717, 1.165) is 31.0 Å². The largest absolute Gasteiger partial charge is 0.309 e. The van der Waals surface area contributed by atoms with Crippen LogP contribution in [-0.2, 0) is 6.54 Å². The highest BCUT2D eigenvalue weighted by molar-refractivity contribution is 5.85. The second-order valence-corrected chi connectivity index (χ2v) is 6.40. The molecule has 2 unspecified atom stereocenters. The molecule has 2 bridgehead atoms. The Morgan fingerprint density at radius 2 is 1.78 bits per heavy atom. The molecule has 0 saturated carbocycles. The van der Waals surface area contributed by atoms with Crippen LogP contribution in [0.15, 0.2) is 36.5 Å². The molecule has 23 heavy (non-hydrogen) atoms. The van der Waals surface area contributed by atoms with Gasteiger partial charge in [0.2, 0.25) is 0 Å². The van der Waals surface area contributed by atoms with E-state index < -0.39 is 0 Å². The first kappa shape index (κ1) is 16.4. The van der Waals surface area contributed by atoms with E-state index in [9.17, 15) is 4.39 Å². The van der Waals surface area contributed by atoms with Gasteiger partial charge in [0.05, 0.1) is 11.4 Å². The third kappa shape index (κ3) is 3.57. The lowest BCUT2D eigenvalue weighted by Crippen LogP contribution is -2.58. The average molecular weight is 337 g/mol. The van der Waals surface area contributed by atoms with E-state index in [4.69, 9.17) is 0 Å². The summed E-state index contributed by atoms with van der Waals surface area (Å²) in [6, 6.07) is 9.84. The van der Waals surface area contributed by atoms with Crippen molar-refractivity contribution in [2.24, 2.45) is 0 Å². The maximum Gasteiger partial charge on any atom is 0.123 e. The van der Waals surface area contributed by atoms with Gasteiger partial charge in [-0.3, -0.25) is 4.90 Å². The molecule has 0 aliphatic carbocycles. The number of aromatic nitrogens is 2. The summed E-state index contributed by atoms with van der Waals surface area (Å²) in [5, 5.41) is 8.11. The molecule has 4 rings (SSSR count). The van der Waals surface area contributed by atoms with Gasteiger partial charge in [0.25, 0.3) is 0 Å². The zero-order chi connectivity index (χ0) is 14.9. The Hall–Kier alpha value is -1.43. The van der Waals surface area contributed by atoms with Gasteiger partial charge < -0.3 is 5.32 Å². The standard InChI is InChI=1S/C17H21FN4.ClH/c18-13-4-6-16(7-5-13)22-17(8-9-19-22)12-21-10-14-2-1-3-15(11-21)20-14;/h4-9,14-15,20H,1-3,10-12H2;1H. The van der Waals surface area contributed by atoms with Crippen LogP contribution in [0.2, 0.25) is 0 Å². The molecule has 2 saturated heterocycles. The van der Waals surface area contributed by atoms with Crippen molar-refractivity contribution in [2.75, 3.05) is 13.1 Å². The van der Waals surface area contributed by atoms with Crippen molar-refractivity contribution >= 4 is 12.4 Å². The summed E-state index contributed by atoms with van der Waals surface area (Å²) >= 11 is 0. The molecule has 1 N–H and O–H groups in total. The smallest absolute Gasteiger partial charge is 0.123 e. The second kappa shape index (κ2) is 6.99. The summed E-state index contributed by atoms with van der Waals surface area (Å²) in [7, 11) is 0. The zero-order valence-electron chi connectivity index (χ0n) is 13.0. The molecule has 2 fully saturated rings. The number of rotatable bonds is 3. The number of halogens is 2. The number of piperidine rings is 1. The Bertz CT molecular complexity index is 630. The summed E-state index contributed by atoms with van der Waals surface area (Å²) in [6.07, 6.45) is 5.74. The van der Waals surface area contributed by atoms with Gasteiger partial charge in [0.1, 0.15) is 5.82 Å². The van der Waals surface area contributed by atoms with Gasteiger partial charge in [-0.25, -0.2) is 9.07 Å². The number of hydrogen-bond donors (Lipinski definition) is 1. The summed E-state index contributed by atoms with van der Waals surface area (Å²) in [5.41, 5.74) is 2.07. The molecule has 2 aliphatic rings. The van der Waals surface area contributed by atoms with E-state index in [0.29, 0.717) is 12.1 Å². The van der Waals surface area contributed by atoms with E-state index >= 15 is 0 Å². The lowest BCUT2D eigenvalue weighted by Gasteiger charge is -2.42. The van der Waals surface area contributed by atoms with Crippen LogP contribution in [0.25, 0.3) is 5.69 Å². The van der Waals surface area contributed by atoms with Crippen LogP contribution in [0, 0.1) is 5.82 Å². The number of hydrogen-bond acceptors (Lipinski definition) is 3. The molecular weight excluding hydrogens is 315 g/mol. The Kier molecular flexibility index (Phi) is 4.99. The van der Waals surface area contributed by atoms with Crippen LogP contribution in [0.1, 0.15) is 25.0 Å². The van der Waals surface area contributed by atoms with Crippen molar-refractivity contribution in [1.29, 1.82) is 0 Å². The molecule has 2 atom stereocenters. The van der Waals surface area contributed by atoms with Gasteiger partial charge in [-0.1, -0.05) is 6.42 Å². The maximum atomic E-state index is 13.1. The average Bonchev–Trinajstić information content (AvgIpc) is 2.96. The Morgan fingerprint density at radius 1 is 1.09 bits per heavy atom. The van der Waals surface area contributed by atoms with Gasteiger partial charge in [0, 0.05) is 37.9 Å². The SMILES string of the molecule is Cl.Fc1ccc(-n2nccc2CN2CC3CCCC(C2)N3)cc1. The van der Waals surface area contributed by atoms with Gasteiger partial charge in [0.15, 0.2) is 0 Å². The monoisotopic (exact) mass is 336 g/mol. The Morgan fingerprint density at radius 3 is 2.48 bits per heavy atom. The molecule has 0 radical (unpaired) electrons. The normalized spacial score (nSPS) is 24.2. The number of nitrogens with one attached hydrogen (secondary N) is 1. The van der Waals surface area contributed by atoms with Crippen LogP contribution < -0.4 is 5.32 Å². The first-order valence-electron chi connectivity index (χ1n) is 8.05. The van der Waals surface area contributed by atoms with Crippen molar-refractivity contribution in [3.05, 3.63) is 48.0 Å². The Balaban J connectivity index is 0.00000156. The van der Waals surface area contributed by atoms with Crippen LogP contribution in [0.4, 0.5) is 4.39 Å². The summed E-state index contributed by atoms with van der Waals surface area (Å²) in [4.78, 5) is 2.52. The summed E-state index contributed by atoms with van der Waals surface area (Å²) in [6.45, 7) is 3.10. The third-order valence-corrected chi connectivity index (χ3v) is 4.71. The minimum absolute atomic E-state index is 0. The molecule has 2 aromatic rings. The molecule has 3 heterocycles. The number of piperazine rings is 1. The predicted octanol–water partition coefficient (Wildman–Crippen LogP) is 2.76. The zero-order valence-corrected chi connectivity index (χ0v) is 13.8. The fourth-order valence-corrected chi connectivity index (χ4v) is 3.72. The van der Waals surface area contributed by atoms with Gasteiger partial charge >= 0.3 is 0 Å². The van der Waals surface area contributed by atoms with Crippen LogP contribution in [0.3, 0.4) is 0 Å². The molecule has 124 valence electrons. The minimum Gasteiger partial charge on any atom is -0.309 e. The highest BCUT2D eigenvalue weighted by atomic mass is 35.5. The quantitative estimate of drug-likeness (QED) is 0.935. The fraction of sp³-hybridized carbons (Fsp3) is 0.471. The fourth-order valence-electron chi connectivity index (χ4n) is 3.72. The minimum atomic E-state index is -0.215. The molecule has 4 nitrogen and oxygen atoms in total. The van der Waals surface area contributed by atoms with Crippen LogP contribution >= 0.6 is 12.4 Å². The molecule has 1 aromatic carbocycles. The lowest BCUT2D eigenvalue weighted by atomic mass is 9.94. The number of fused-ring (bicyclic) bond motifs is 2. The molecule has 6 heteroatoms. The highest BCUT2D eigenvalue weighted by Crippen LogP contribution is 2.21. The van der Waals surface area contributed by atoms with Crippen LogP contribution in [0.5, 0.6) is 0 Å². The van der Waals surface area contributed by atoms with E-state index in [1.807, 2.05) is 10.9 Å². The van der Waals surface area contributed by atoms with Crippen molar-refractivity contribution in [2.45, 2.75) is 37.9 Å². The predicted molar refractivity (Wildman–Crippen MR) is 90.6 cm³/mol. The van der Waals surface area contributed by atoms with E-state index in [2.05, 4.69) is 21.4 Å². The second-order valence-electron chi connectivity index (χ2n) is 6.40. The van der Waals surface area contributed by atoms with Crippen LogP contribution in [-0.4, -0.2) is 39.9 Å². The Labute approximate surface area is 142 Å². The van der Waals surface area contributed by atoms with E-state index in [1.165, 1.54) is 31.4 Å². The number of nitrogens with zero attached hydrogens (tertiary/aromatic N) is 3. The topological polar surface area (TPSA) is 33.1 Å². The highest BCUT2D eigenvalue weighted by Gasteiger charge is 2.29. The molecule has 2 aliphatic heterocycles. The van der Waals surface area contributed by atoms with E-state index in [-0.39, 0.29) is 18.2 Å². The van der Waals surface area contributed by atoms with Crippen molar-refractivity contribution < 1.29 is 4.39 Å². The number of likely N-dealkylation sites (tertiary alicyclic amines) is 1. The molecule has 1 aromatic heterocycles. The van der Waals surface area contributed by atoms with E-state index in [1.54, 1.807) is 12.1 Å². The molecule has 0 amide bonds. The van der Waals surface area contributed by atoms with Crippen molar-refractivity contribution in [1.82, 2.24) is 20.0 Å². The van der Waals surface area contributed by atoms with Gasteiger partial charge in [-0.05, 0) is 43.2 Å². The van der Waals surface area contributed by atoms with Crippen molar-refractivity contribution in [3.8, 4) is 5.69 Å². The first-order valence-corrected chi connectivity index (χ1v) is 8.05. The molecular formula is C17H22ClFN4. The number of benzene rings is 1. The first-order chi connectivity index (χ1) is 10.8. The summed E-state index contributed by atoms with van der Waals surface area (Å²) in [5.74, 6) is -0.215.